The number of piperidine rings is 1. The highest BCUT2D eigenvalue weighted by molar-refractivity contribution is 5.83. The molecule has 1 saturated carbocycles. The summed E-state index contributed by atoms with van der Waals surface area (Å²) in [6, 6.07) is 3.36. The van der Waals surface area contributed by atoms with Gasteiger partial charge in [0.05, 0.1) is 5.56 Å². The van der Waals surface area contributed by atoms with Crippen molar-refractivity contribution in [2.75, 3.05) is 19.6 Å². The number of aliphatic hydroxyl groups excluding tert-OH is 2. The van der Waals surface area contributed by atoms with Gasteiger partial charge in [0, 0.05) is 19.1 Å². The largest absolute Gasteiger partial charge is 0.479 e. The van der Waals surface area contributed by atoms with Crippen molar-refractivity contribution in [1.82, 2.24) is 10.2 Å². The lowest BCUT2D eigenvalue weighted by atomic mass is 9.84. The summed E-state index contributed by atoms with van der Waals surface area (Å²) < 4.78 is 53.1. The number of nitrogens with zero attached hydrogens (tertiary/aromatic N) is 1. The lowest BCUT2D eigenvalue weighted by molar-refractivity contribution is -0.165. The molecule has 2 fully saturated rings. The van der Waals surface area contributed by atoms with Crippen molar-refractivity contribution in [3.05, 3.63) is 35.1 Å². The average Bonchev–Trinajstić information content (AvgIpc) is 2.75. The fourth-order valence-electron chi connectivity index (χ4n) is 3.96. The molecule has 0 amide bonds. The molecule has 1 aliphatic carbocycles. The fourth-order valence-corrected chi connectivity index (χ4v) is 3.96. The van der Waals surface area contributed by atoms with E-state index < -0.39 is 41.7 Å². The normalized spacial score (nSPS) is 19.0. The summed E-state index contributed by atoms with van der Waals surface area (Å²) in [6.07, 6.45) is -3.60. The number of nitrogens with one attached hydrogen (secondary N) is 1. The van der Waals surface area contributed by atoms with Gasteiger partial charge in [-0.1, -0.05) is 12.5 Å². The number of carbonyl (C=O) groups is 2. The first-order chi connectivity index (χ1) is 15.9. The standard InChI is InChI=1S/C18H24F4N2.C4H6O6/c19-15-5-4-14(17(10-15)18(20,21)22)12-24(11-13-2-1-3-13)16-6-8-23-9-7-16;5-1(3(7)8)2(6)4(9)10/h4-5,10,13,16,23H,1-3,6-9,11-12H2;1-2,5-6H,(H,7,8)(H,9,10)/t;1-,2-/m.1/s1. The summed E-state index contributed by atoms with van der Waals surface area (Å²) in [6.45, 7) is 2.90. The number of rotatable bonds is 8. The lowest BCUT2D eigenvalue weighted by Crippen LogP contribution is -2.45. The molecular formula is C22H30F4N2O6. The topological polar surface area (TPSA) is 130 Å². The number of carboxylic acids is 2. The minimum atomic E-state index is -4.52. The summed E-state index contributed by atoms with van der Waals surface area (Å²) in [4.78, 5) is 21.7. The Morgan fingerprint density at radius 3 is 2.03 bits per heavy atom. The maximum Gasteiger partial charge on any atom is 0.416 e. The van der Waals surface area contributed by atoms with Crippen molar-refractivity contribution in [2.45, 2.75) is 63.1 Å². The SMILES string of the molecule is Fc1ccc(CN(CC2CCC2)C2CCNCC2)c(C(F)(F)F)c1.O=C(O)[C@H](O)[C@@H](O)C(=O)O. The molecule has 1 aromatic carbocycles. The van der Waals surface area contributed by atoms with Crippen LogP contribution in [0, 0.1) is 11.7 Å². The number of hydrogen-bond donors (Lipinski definition) is 5. The first-order valence-electron chi connectivity index (χ1n) is 11.0. The predicted molar refractivity (Wildman–Crippen MR) is 112 cm³/mol. The van der Waals surface area contributed by atoms with Crippen LogP contribution in [-0.4, -0.2) is 75.1 Å². The third kappa shape index (κ3) is 8.19. The van der Waals surface area contributed by atoms with E-state index in [-0.39, 0.29) is 12.1 Å². The number of carboxylic acid groups (broad SMARTS) is 2. The minimum absolute atomic E-state index is 0.182. The maximum absolute atomic E-state index is 13.3. The molecule has 5 N–H and O–H groups in total. The molecule has 8 nitrogen and oxygen atoms in total. The van der Waals surface area contributed by atoms with Gasteiger partial charge < -0.3 is 25.7 Å². The van der Waals surface area contributed by atoms with Crippen molar-refractivity contribution in [3.63, 3.8) is 0 Å². The second kappa shape index (κ2) is 12.4. The zero-order valence-electron chi connectivity index (χ0n) is 18.5. The molecule has 0 radical (unpaired) electrons. The number of hydrogen-bond acceptors (Lipinski definition) is 6. The predicted octanol–water partition coefficient (Wildman–Crippen LogP) is 2.08. The van der Waals surface area contributed by atoms with Crippen LogP contribution in [0.15, 0.2) is 18.2 Å². The minimum Gasteiger partial charge on any atom is -0.479 e. The van der Waals surface area contributed by atoms with Gasteiger partial charge in [0.15, 0.2) is 12.2 Å². The molecule has 1 aromatic rings. The third-order valence-electron chi connectivity index (χ3n) is 6.10. The molecule has 1 aliphatic heterocycles. The van der Waals surface area contributed by atoms with Gasteiger partial charge >= 0.3 is 18.1 Å². The first kappa shape index (κ1) is 28.0. The Balaban J connectivity index is 0.000000347. The van der Waals surface area contributed by atoms with Gasteiger partial charge in [0.1, 0.15) is 5.82 Å². The van der Waals surface area contributed by atoms with Crippen LogP contribution in [0.4, 0.5) is 17.6 Å². The molecule has 2 atom stereocenters. The smallest absolute Gasteiger partial charge is 0.416 e. The van der Waals surface area contributed by atoms with Gasteiger partial charge in [0.2, 0.25) is 0 Å². The molecule has 0 spiro atoms. The molecule has 1 saturated heterocycles. The quantitative estimate of drug-likeness (QED) is 0.348. The fraction of sp³-hybridized carbons (Fsp3) is 0.636. The molecule has 192 valence electrons. The second-order valence-electron chi connectivity index (χ2n) is 8.57. The third-order valence-corrected chi connectivity index (χ3v) is 6.10. The van der Waals surface area contributed by atoms with Gasteiger partial charge in [-0.3, -0.25) is 4.90 Å². The summed E-state index contributed by atoms with van der Waals surface area (Å²) in [5, 5.41) is 35.8. The van der Waals surface area contributed by atoms with E-state index in [1.807, 2.05) is 0 Å². The van der Waals surface area contributed by atoms with Gasteiger partial charge in [-0.15, -0.1) is 0 Å². The molecule has 34 heavy (non-hydrogen) atoms. The monoisotopic (exact) mass is 494 g/mol. The summed E-state index contributed by atoms with van der Waals surface area (Å²) in [5.41, 5.74) is -0.656. The number of benzene rings is 1. The first-order valence-corrected chi connectivity index (χ1v) is 11.0. The Hall–Kier alpha value is -2.28. The highest BCUT2D eigenvalue weighted by Gasteiger charge is 2.35. The zero-order chi connectivity index (χ0) is 25.5. The van der Waals surface area contributed by atoms with Crippen LogP contribution in [0.5, 0.6) is 0 Å². The van der Waals surface area contributed by atoms with Crippen LogP contribution < -0.4 is 5.32 Å². The van der Waals surface area contributed by atoms with E-state index in [1.54, 1.807) is 0 Å². The van der Waals surface area contributed by atoms with E-state index >= 15 is 0 Å². The molecule has 1 heterocycles. The molecule has 0 bridgehead atoms. The van der Waals surface area contributed by atoms with E-state index in [1.165, 1.54) is 12.5 Å². The zero-order valence-corrected chi connectivity index (χ0v) is 18.5. The molecule has 3 rings (SSSR count). The van der Waals surface area contributed by atoms with Crippen LogP contribution >= 0.6 is 0 Å². The van der Waals surface area contributed by atoms with Crippen LogP contribution in [0.3, 0.4) is 0 Å². The number of alkyl halides is 3. The van der Waals surface area contributed by atoms with Crippen LogP contribution in [0.1, 0.15) is 43.2 Å². The van der Waals surface area contributed by atoms with E-state index in [0.29, 0.717) is 18.0 Å². The van der Waals surface area contributed by atoms with E-state index in [9.17, 15) is 27.2 Å². The van der Waals surface area contributed by atoms with Crippen molar-refractivity contribution in [1.29, 1.82) is 0 Å². The van der Waals surface area contributed by atoms with Gasteiger partial charge in [0.25, 0.3) is 0 Å². The van der Waals surface area contributed by atoms with Crippen LogP contribution in [0.2, 0.25) is 0 Å². The van der Waals surface area contributed by atoms with E-state index in [0.717, 1.165) is 51.4 Å². The maximum atomic E-state index is 13.3. The molecular weight excluding hydrogens is 464 g/mol. The summed E-state index contributed by atoms with van der Waals surface area (Å²) >= 11 is 0. The van der Waals surface area contributed by atoms with Crippen molar-refractivity contribution in [2.24, 2.45) is 5.92 Å². The highest BCUT2D eigenvalue weighted by Crippen LogP contribution is 2.35. The van der Waals surface area contributed by atoms with Crippen molar-refractivity contribution < 1.29 is 47.6 Å². The average molecular weight is 494 g/mol. The van der Waals surface area contributed by atoms with E-state index in [4.69, 9.17) is 20.4 Å². The molecule has 2 aliphatic rings. The lowest BCUT2D eigenvalue weighted by Gasteiger charge is -2.39. The Morgan fingerprint density at radius 1 is 1.03 bits per heavy atom. The number of aliphatic hydroxyl groups is 2. The van der Waals surface area contributed by atoms with Gasteiger partial charge in [-0.25, -0.2) is 14.0 Å². The number of halogens is 4. The highest BCUT2D eigenvalue weighted by atomic mass is 19.4. The Morgan fingerprint density at radius 2 is 1.59 bits per heavy atom. The van der Waals surface area contributed by atoms with Crippen LogP contribution in [-0.2, 0) is 22.3 Å². The molecule has 12 heteroatoms. The molecule has 0 unspecified atom stereocenters. The summed E-state index contributed by atoms with van der Waals surface area (Å²) in [7, 11) is 0. The Labute approximate surface area is 194 Å². The molecule has 0 aromatic heterocycles. The van der Waals surface area contributed by atoms with Crippen LogP contribution in [0.25, 0.3) is 0 Å². The summed E-state index contributed by atoms with van der Waals surface area (Å²) in [5.74, 6) is -3.78. The Kier molecular flexibility index (Phi) is 10.2. The van der Waals surface area contributed by atoms with E-state index in [2.05, 4.69) is 10.2 Å². The van der Waals surface area contributed by atoms with Crippen molar-refractivity contribution >= 4 is 11.9 Å². The second-order valence-corrected chi connectivity index (χ2v) is 8.57. The Bertz CT molecular complexity index is 810. The number of aliphatic carboxylic acids is 2. The van der Waals surface area contributed by atoms with Gasteiger partial charge in [-0.2, -0.15) is 13.2 Å². The van der Waals surface area contributed by atoms with Crippen molar-refractivity contribution in [3.8, 4) is 0 Å². The van der Waals surface area contributed by atoms with Gasteiger partial charge in [-0.05, 0) is 62.4 Å².